The van der Waals surface area contributed by atoms with Gasteiger partial charge in [-0.2, -0.15) is 0 Å². The fourth-order valence-corrected chi connectivity index (χ4v) is 1.81. The Morgan fingerprint density at radius 1 is 1.00 bits per heavy atom. The highest BCUT2D eigenvalue weighted by Crippen LogP contribution is 2.20. The zero-order chi connectivity index (χ0) is 16.7. The van der Waals surface area contributed by atoms with E-state index in [2.05, 4.69) is 0 Å². The van der Waals surface area contributed by atoms with E-state index >= 15 is 0 Å². The second-order valence-electron chi connectivity index (χ2n) is 5.35. The molecule has 0 aliphatic heterocycles. The minimum Gasteiger partial charge on any atom is -0.425 e. The molecule has 0 fully saturated rings. The first-order valence-electron chi connectivity index (χ1n) is 7.06. The Kier molecular flexibility index (Phi) is 7.24. The molecule has 1 atom stereocenters. The Hall–Kier alpha value is -1.69. The van der Waals surface area contributed by atoms with Gasteiger partial charge in [0.15, 0.2) is 0 Å². The summed E-state index contributed by atoms with van der Waals surface area (Å²) in [5.41, 5.74) is 0. The van der Waals surface area contributed by atoms with Gasteiger partial charge in [-0.15, -0.1) is 11.8 Å². The Morgan fingerprint density at radius 2 is 1.59 bits per heavy atom. The zero-order valence-electron chi connectivity index (χ0n) is 13.5. The fraction of sp³-hybridized carbons (Fsp3) is 0.500. The minimum absolute atomic E-state index is 0.172. The molecule has 6 heteroatoms. The maximum absolute atomic E-state index is 11.8. The van der Waals surface area contributed by atoms with Crippen LogP contribution in [0, 0.1) is 11.8 Å². The Bertz CT molecular complexity index is 496. The van der Waals surface area contributed by atoms with Gasteiger partial charge < -0.3 is 14.2 Å². The smallest absolute Gasteiger partial charge is 0.425 e. The molecule has 0 aromatic heterocycles. The van der Waals surface area contributed by atoms with Crippen LogP contribution in [0.25, 0.3) is 0 Å². The first kappa shape index (κ1) is 18.4. The molecule has 0 heterocycles. The van der Waals surface area contributed by atoms with Crippen LogP contribution in [0.15, 0.2) is 29.2 Å². The van der Waals surface area contributed by atoms with Gasteiger partial charge in [-0.3, -0.25) is 4.79 Å². The summed E-state index contributed by atoms with van der Waals surface area (Å²) in [5, 5.41) is 0. The van der Waals surface area contributed by atoms with E-state index in [9.17, 15) is 9.59 Å². The third-order valence-electron chi connectivity index (χ3n) is 2.72. The van der Waals surface area contributed by atoms with Crippen LogP contribution in [0.3, 0.4) is 0 Å². The van der Waals surface area contributed by atoms with E-state index < -0.39 is 18.4 Å². The molecule has 5 nitrogen and oxygen atoms in total. The van der Waals surface area contributed by atoms with Crippen LogP contribution in [0.4, 0.5) is 4.79 Å². The van der Waals surface area contributed by atoms with Crippen molar-refractivity contribution in [3.8, 4) is 5.75 Å². The summed E-state index contributed by atoms with van der Waals surface area (Å²) in [7, 11) is 0. The number of esters is 1. The van der Waals surface area contributed by atoms with Crippen molar-refractivity contribution in [2.24, 2.45) is 11.8 Å². The lowest BCUT2D eigenvalue weighted by molar-refractivity contribution is -0.180. The lowest BCUT2D eigenvalue weighted by Crippen LogP contribution is -2.32. The SMILES string of the molecule is CSc1ccc(OC(=O)OC(OC(=O)C(C)C)C(C)C)cc1. The second kappa shape index (κ2) is 8.68. The molecule has 122 valence electrons. The number of carbonyl (C=O) groups excluding carboxylic acids is 2. The van der Waals surface area contributed by atoms with Crippen molar-refractivity contribution >= 4 is 23.9 Å². The highest BCUT2D eigenvalue weighted by atomic mass is 32.2. The van der Waals surface area contributed by atoms with Gasteiger partial charge in [0.05, 0.1) is 5.92 Å². The molecule has 0 aliphatic carbocycles. The molecular formula is C16H22O5S. The minimum atomic E-state index is -0.965. The van der Waals surface area contributed by atoms with Crippen LogP contribution in [0.2, 0.25) is 0 Å². The van der Waals surface area contributed by atoms with Crippen molar-refractivity contribution in [3.05, 3.63) is 24.3 Å². The summed E-state index contributed by atoms with van der Waals surface area (Å²) in [6.07, 6.45) is 0.0977. The highest BCUT2D eigenvalue weighted by Gasteiger charge is 2.25. The molecule has 0 bridgehead atoms. The quantitative estimate of drug-likeness (QED) is 0.339. The molecule has 1 aromatic rings. The zero-order valence-corrected chi connectivity index (χ0v) is 14.3. The summed E-state index contributed by atoms with van der Waals surface area (Å²) in [6, 6.07) is 7.03. The van der Waals surface area contributed by atoms with Crippen molar-refractivity contribution in [1.82, 2.24) is 0 Å². The highest BCUT2D eigenvalue weighted by molar-refractivity contribution is 7.98. The van der Waals surface area contributed by atoms with E-state index in [4.69, 9.17) is 14.2 Å². The summed E-state index contributed by atoms with van der Waals surface area (Å²) in [5.74, 6) is -0.509. The summed E-state index contributed by atoms with van der Waals surface area (Å²) in [4.78, 5) is 24.5. The first-order valence-corrected chi connectivity index (χ1v) is 8.29. The van der Waals surface area contributed by atoms with E-state index in [1.54, 1.807) is 51.6 Å². The predicted octanol–water partition coefficient (Wildman–Crippen LogP) is 4.11. The second-order valence-corrected chi connectivity index (χ2v) is 6.23. The molecule has 0 saturated carbocycles. The number of carbonyl (C=O) groups is 2. The molecular weight excluding hydrogens is 304 g/mol. The standard InChI is InChI=1S/C16H22O5S/c1-10(2)14(17)20-15(11(3)4)21-16(18)19-12-6-8-13(22-5)9-7-12/h6-11,15H,1-5H3. The van der Waals surface area contributed by atoms with E-state index in [1.807, 2.05) is 18.4 Å². The monoisotopic (exact) mass is 326 g/mol. The van der Waals surface area contributed by atoms with Gasteiger partial charge in [-0.25, -0.2) is 4.79 Å². The van der Waals surface area contributed by atoms with Crippen LogP contribution in [0.1, 0.15) is 27.7 Å². The van der Waals surface area contributed by atoms with Crippen molar-refractivity contribution in [1.29, 1.82) is 0 Å². The largest absolute Gasteiger partial charge is 0.516 e. The van der Waals surface area contributed by atoms with Gasteiger partial charge in [-0.1, -0.05) is 27.7 Å². The topological polar surface area (TPSA) is 61.8 Å². The summed E-state index contributed by atoms with van der Waals surface area (Å²) < 4.78 is 15.3. The predicted molar refractivity (Wildman–Crippen MR) is 84.9 cm³/mol. The molecule has 1 unspecified atom stereocenters. The molecule has 0 N–H and O–H groups in total. The first-order chi connectivity index (χ1) is 10.3. The number of hydrogen-bond acceptors (Lipinski definition) is 6. The fourth-order valence-electron chi connectivity index (χ4n) is 1.41. The molecule has 0 amide bonds. The van der Waals surface area contributed by atoms with Crippen LogP contribution in [0.5, 0.6) is 5.75 Å². The summed E-state index contributed by atoms with van der Waals surface area (Å²) in [6.45, 7) is 7.01. The van der Waals surface area contributed by atoms with E-state index in [0.717, 1.165) is 4.90 Å². The maximum atomic E-state index is 11.8. The van der Waals surface area contributed by atoms with Gasteiger partial charge in [0.2, 0.25) is 0 Å². The Balaban J connectivity index is 2.60. The van der Waals surface area contributed by atoms with Crippen molar-refractivity contribution in [3.63, 3.8) is 0 Å². The molecule has 22 heavy (non-hydrogen) atoms. The molecule has 0 radical (unpaired) electrons. The van der Waals surface area contributed by atoms with Crippen molar-refractivity contribution in [2.75, 3.05) is 6.26 Å². The van der Waals surface area contributed by atoms with E-state index in [1.165, 1.54) is 0 Å². The van der Waals surface area contributed by atoms with Crippen molar-refractivity contribution in [2.45, 2.75) is 38.9 Å². The molecule has 0 spiro atoms. The lowest BCUT2D eigenvalue weighted by Gasteiger charge is -2.21. The van der Waals surface area contributed by atoms with Crippen LogP contribution < -0.4 is 4.74 Å². The molecule has 1 rings (SSSR count). The third-order valence-corrected chi connectivity index (χ3v) is 3.46. The van der Waals surface area contributed by atoms with Crippen LogP contribution in [-0.4, -0.2) is 24.7 Å². The Labute approximate surface area is 135 Å². The molecule has 0 saturated heterocycles. The van der Waals surface area contributed by atoms with Gasteiger partial charge >= 0.3 is 12.1 Å². The molecule has 1 aromatic carbocycles. The number of benzene rings is 1. The van der Waals surface area contributed by atoms with Gasteiger partial charge in [0, 0.05) is 10.8 Å². The third kappa shape index (κ3) is 5.97. The van der Waals surface area contributed by atoms with Crippen LogP contribution >= 0.6 is 11.8 Å². The van der Waals surface area contributed by atoms with Crippen LogP contribution in [-0.2, 0) is 14.3 Å². The van der Waals surface area contributed by atoms with Gasteiger partial charge in [0.1, 0.15) is 5.75 Å². The normalized spacial score (nSPS) is 12.1. The van der Waals surface area contributed by atoms with Gasteiger partial charge in [-0.05, 0) is 30.5 Å². The number of thioether (sulfide) groups is 1. The molecule has 0 aliphatic rings. The Morgan fingerprint density at radius 3 is 2.05 bits per heavy atom. The lowest BCUT2D eigenvalue weighted by atomic mass is 10.2. The van der Waals surface area contributed by atoms with E-state index in [0.29, 0.717) is 5.75 Å². The number of rotatable bonds is 6. The average Bonchev–Trinajstić information content (AvgIpc) is 2.46. The maximum Gasteiger partial charge on any atom is 0.516 e. The van der Waals surface area contributed by atoms with Gasteiger partial charge in [0.25, 0.3) is 6.29 Å². The van der Waals surface area contributed by atoms with E-state index in [-0.39, 0.29) is 11.8 Å². The average molecular weight is 326 g/mol. The number of hydrogen-bond donors (Lipinski definition) is 0. The number of ether oxygens (including phenoxy) is 3. The van der Waals surface area contributed by atoms with Crippen molar-refractivity contribution < 1.29 is 23.8 Å². The summed E-state index contributed by atoms with van der Waals surface area (Å²) >= 11 is 1.59.